The fourth-order valence-corrected chi connectivity index (χ4v) is 4.35. The van der Waals surface area contributed by atoms with Gasteiger partial charge in [0.1, 0.15) is 0 Å². The first-order valence-electron chi connectivity index (χ1n) is 6.61. The lowest BCUT2D eigenvalue weighted by atomic mass is 10.2. The van der Waals surface area contributed by atoms with Crippen molar-refractivity contribution in [1.82, 2.24) is 4.31 Å². The molecule has 4 nitrogen and oxygen atoms in total. The van der Waals surface area contributed by atoms with E-state index in [1.807, 2.05) is 13.0 Å². The van der Waals surface area contributed by atoms with E-state index in [2.05, 4.69) is 0 Å². The average molecular weight is 278 g/mol. The SMILES string of the molecule is CCN(C1CCCC1)S(=O)(=O)c1ccc(C#N)cc1. The number of rotatable bonds is 4. The monoisotopic (exact) mass is 278 g/mol. The Labute approximate surface area is 114 Å². The van der Waals surface area contributed by atoms with Gasteiger partial charge < -0.3 is 0 Å². The van der Waals surface area contributed by atoms with Crippen molar-refractivity contribution < 1.29 is 8.42 Å². The van der Waals surface area contributed by atoms with Crippen LogP contribution in [0.2, 0.25) is 0 Å². The molecule has 0 radical (unpaired) electrons. The predicted molar refractivity (Wildman–Crippen MR) is 73.0 cm³/mol. The van der Waals surface area contributed by atoms with Gasteiger partial charge in [0.15, 0.2) is 0 Å². The van der Waals surface area contributed by atoms with Crippen molar-refractivity contribution >= 4 is 10.0 Å². The van der Waals surface area contributed by atoms with Gasteiger partial charge in [-0.25, -0.2) is 8.42 Å². The average Bonchev–Trinajstić information content (AvgIpc) is 2.93. The highest BCUT2D eigenvalue weighted by Crippen LogP contribution is 2.28. The molecule has 1 aliphatic carbocycles. The minimum Gasteiger partial charge on any atom is -0.207 e. The molecule has 0 unspecified atom stereocenters. The zero-order valence-corrected chi connectivity index (χ0v) is 11.9. The molecule has 0 spiro atoms. The van der Waals surface area contributed by atoms with E-state index in [1.54, 1.807) is 16.4 Å². The van der Waals surface area contributed by atoms with Crippen LogP contribution in [0, 0.1) is 11.3 Å². The molecule has 0 aliphatic heterocycles. The third kappa shape index (κ3) is 2.80. The molecule has 1 aliphatic rings. The van der Waals surface area contributed by atoms with Crippen molar-refractivity contribution in [1.29, 1.82) is 5.26 Å². The highest BCUT2D eigenvalue weighted by Gasteiger charge is 2.31. The summed E-state index contributed by atoms with van der Waals surface area (Å²) < 4.78 is 26.8. The van der Waals surface area contributed by atoms with Crippen molar-refractivity contribution in [2.75, 3.05) is 6.54 Å². The summed E-state index contributed by atoms with van der Waals surface area (Å²) in [6.45, 7) is 2.37. The van der Waals surface area contributed by atoms with Crippen LogP contribution in [0.15, 0.2) is 29.2 Å². The highest BCUT2D eigenvalue weighted by atomic mass is 32.2. The second-order valence-electron chi connectivity index (χ2n) is 4.78. The second-order valence-corrected chi connectivity index (χ2v) is 6.67. The summed E-state index contributed by atoms with van der Waals surface area (Å²) in [5.74, 6) is 0. The van der Waals surface area contributed by atoms with E-state index in [4.69, 9.17) is 5.26 Å². The minimum atomic E-state index is -3.44. The first-order chi connectivity index (χ1) is 9.09. The zero-order chi connectivity index (χ0) is 13.9. The lowest BCUT2D eigenvalue weighted by Gasteiger charge is -2.26. The van der Waals surface area contributed by atoms with Crippen LogP contribution in [0.25, 0.3) is 0 Å². The maximum atomic E-state index is 12.6. The number of nitrogens with zero attached hydrogens (tertiary/aromatic N) is 2. The Morgan fingerprint density at radius 1 is 1.26 bits per heavy atom. The molecular weight excluding hydrogens is 260 g/mol. The van der Waals surface area contributed by atoms with Crippen LogP contribution in [0.4, 0.5) is 0 Å². The van der Waals surface area contributed by atoms with Crippen molar-refractivity contribution in [2.24, 2.45) is 0 Å². The number of sulfonamides is 1. The van der Waals surface area contributed by atoms with Gasteiger partial charge >= 0.3 is 0 Å². The van der Waals surface area contributed by atoms with Crippen LogP contribution in [0.3, 0.4) is 0 Å². The Morgan fingerprint density at radius 2 is 1.84 bits per heavy atom. The summed E-state index contributed by atoms with van der Waals surface area (Å²) in [5, 5.41) is 8.75. The molecule has 0 atom stereocenters. The smallest absolute Gasteiger partial charge is 0.207 e. The number of hydrogen-bond donors (Lipinski definition) is 0. The predicted octanol–water partition coefficient (Wildman–Crippen LogP) is 2.51. The number of nitriles is 1. The van der Waals surface area contributed by atoms with Gasteiger partial charge in [0.25, 0.3) is 0 Å². The Hall–Kier alpha value is -1.38. The molecule has 19 heavy (non-hydrogen) atoms. The van der Waals surface area contributed by atoms with Gasteiger partial charge in [-0.1, -0.05) is 19.8 Å². The van der Waals surface area contributed by atoms with Crippen LogP contribution in [-0.4, -0.2) is 25.3 Å². The van der Waals surface area contributed by atoms with Crippen molar-refractivity contribution in [2.45, 2.75) is 43.5 Å². The quantitative estimate of drug-likeness (QED) is 0.850. The fraction of sp³-hybridized carbons (Fsp3) is 0.500. The summed E-state index contributed by atoms with van der Waals surface area (Å²) in [5.41, 5.74) is 0.475. The largest absolute Gasteiger partial charge is 0.243 e. The summed E-state index contributed by atoms with van der Waals surface area (Å²) in [6, 6.07) is 8.27. The number of benzene rings is 1. The molecule has 1 aromatic carbocycles. The standard InChI is InChI=1S/C14H18N2O2S/c1-2-16(13-5-3-4-6-13)19(17,18)14-9-7-12(11-15)8-10-14/h7-10,13H,2-6H2,1H3. The van der Waals surface area contributed by atoms with Crippen molar-refractivity contribution in [3.8, 4) is 6.07 Å². The van der Waals surface area contributed by atoms with E-state index in [0.717, 1.165) is 25.7 Å². The van der Waals surface area contributed by atoms with Crippen LogP contribution in [-0.2, 0) is 10.0 Å². The van der Waals surface area contributed by atoms with E-state index >= 15 is 0 Å². The summed E-state index contributed by atoms with van der Waals surface area (Å²) >= 11 is 0. The van der Waals surface area contributed by atoms with Gasteiger partial charge in [-0.2, -0.15) is 9.57 Å². The van der Waals surface area contributed by atoms with E-state index in [9.17, 15) is 8.42 Å². The summed E-state index contributed by atoms with van der Waals surface area (Å²) in [6.07, 6.45) is 4.10. The Balaban J connectivity index is 2.31. The molecule has 0 N–H and O–H groups in total. The van der Waals surface area contributed by atoms with Gasteiger partial charge in [0, 0.05) is 12.6 Å². The van der Waals surface area contributed by atoms with E-state index < -0.39 is 10.0 Å². The maximum Gasteiger partial charge on any atom is 0.243 e. The zero-order valence-electron chi connectivity index (χ0n) is 11.0. The van der Waals surface area contributed by atoms with Crippen LogP contribution < -0.4 is 0 Å². The Kier molecular flexibility index (Phi) is 4.23. The van der Waals surface area contributed by atoms with Crippen LogP contribution in [0.1, 0.15) is 38.2 Å². The summed E-state index contributed by atoms with van der Waals surface area (Å²) in [7, 11) is -3.44. The van der Waals surface area contributed by atoms with Gasteiger partial charge in [0.05, 0.1) is 16.5 Å². The molecule has 102 valence electrons. The van der Waals surface area contributed by atoms with Gasteiger partial charge in [-0.3, -0.25) is 0 Å². The van der Waals surface area contributed by atoms with Gasteiger partial charge in [0.2, 0.25) is 10.0 Å². The molecule has 0 saturated heterocycles. The molecule has 0 bridgehead atoms. The van der Waals surface area contributed by atoms with Crippen LogP contribution in [0.5, 0.6) is 0 Å². The number of hydrogen-bond acceptors (Lipinski definition) is 3. The molecule has 5 heteroatoms. The normalized spacial score (nSPS) is 16.7. The topological polar surface area (TPSA) is 61.2 Å². The molecule has 2 rings (SSSR count). The fourth-order valence-electron chi connectivity index (χ4n) is 2.65. The molecule has 0 aromatic heterocycles. The molecule has 0 amide bonds. The lowest BCUT2D eigenvalue weighted by molar-refractivity contribution is 0.335. The third-order valence-electron chi connectivity index (χ3n) is 3.63. The highest BCUT2D eigenvalue weighted by molar-refractivity contribution is 7.89. The van der Waals surface area contributed by atoms with E-state index in [-0.39, 0.29) is 10.9 Å². The molecule has 1 aromatic rings. The maximum absolute atomic E-state index is 12.6. The third-order valence-corrected chi connectivity index (χ3v) is 5.68. The van der Waals surface area contributed by atoms with Crippen LogP contribution >= 0.6 is 0 Å². The minimum absolute atomic E-state index is 0.130. The summed E-state index contributed by atoms with van der Waals surface area (Å²) in [4.78, 5) is 0.278. The lowest BCUT2D eigenvalue weighted by Crippen LogP contribution is -2.38. The Morgan fingerprint density at radius 3 is 2.32 bits per heavy atom. The molecular formula is C14H18N2O2S. The first-order valence-corrected chi connectivity index (χ1v) is 8.05. The molecule has 1 fully saturated rings. The van der Waals surface area contributed by atoms with Crippen molar-refractivity contribution in [3.05, 3.63) is 29.8 Å². The van der Waals surface area contributed by atoms with E-state index in [1.165, 1.54) is 12.1 Å². The second kappa shape index (κ2) is 5.72. The molecule has 0 heterocycles. The van der Waals surface area contributed by atoms with Gasteiger partial charge in [-0.05, 0) is 37.1 Å². The first kappa shape index (κ1) is 14.0. The van der Waals surface area contributed by atoms with E-state index in [0.29, 0.717) is 12.1 Å². The molecule has 1 saturated carbocycles. The Bertz CT molecular complexity index is 566. The van der Waals surface area contributed by atoms with Crippen molar-refractivity contribution in [3.63, 3.8) is 0 Å². The van der Waals surface area contributed by atoms with Gasteiger partial charge in [-0.15, -0.1) is 0 Å².